The summed E-state index contributed by atoms with van der Waals surface area (Å²) in [4.78, 5) is 39.2. The van der Waals surface area contributed by atoms with Crippen molar-refractivity contribution < 1.29 is 14.5 Å². The molecule has 5 rings (SSSR count). The SMILES string of the molecule is Cn1ccnc1Sc1ccc(C=C(C(=O)N2CCOCC2)c2nc3ccccc3[nH]2)cc1[N+](=O)[O-]. The second-order valence-electron chi connectivity index (χ2n) is 7.97. The van der Waals surface area contributed by atoms with Crippen LogP contribution in [-0.2, 0) is 16.6 Å². The molecule has 10 nitrogen and oxygen atoms in total. The van der Waals surface area contributed by atoms with Crippen LogP contribution in [0.1, 0.15) is 11.4 Å². The minimum atomic E-state index is -0.423. The van der Waals surface area contributed by atoms with Crippen LogP contribution in [0.15, 0.2) is 64.9 Å². The highest BCUT2D eigenvalue weighted by molar-refractivity contribution is 7.99. The number of morpholine rings is 1. The molecule has 0 bridgehead atoms. The van der Waals surface area contributed by atoms with Crippen LogP contribution in [-0.4, -0.2) is 61.6 Å². The number of fused-ring (bicyclic) bond motifs is 1. The van der Waals surface area contributed by atoms with Crippen molar-refractivity contribution in [3.05, 3.63) is 76.4 Å². The summed E-state index contributed by atoms with van der Waals surface area (Å²) in [5.74, 6) is 0.207. The third-order valence-electron chi connectivity index (χ3n) is 5.64. The summed E-state index contributed by atoms with van der Waals surface area (Å²) in [5.41, 5.74) is 2.33. The van der Waals surface area contributed by atoms with Crippen molar-refractivity contribution in [1.29, 1.82) is 0 Å². The fourth-order valence-corrected chi connectivity index (χ4v) is 4.71. The molecule has 1 N–H and O–H groups in total. The number of carbonyl (C=O) groups excluding carboxylic acids is 1. The van der Waals surface area contributed by atoms with Crippen LogP contribution in [0, 0.1) is 10.1 Å². The highest BCUT2D eigenvalue weighted by Crippen LogP contribution is 2.35. The van der Waals surface area contributed by atoms with E-state index in [1.165, 1.54) is 17.8 Å². The van der Waals surface area contributed by atoms with Gasteiger partial charge in [-0.3, -0.25) is 14.9 Å². The number of benzene rings is 2. The van der Waals surface area contributed by atoms with Crippen molar-refractivity contribution in [1.82, 2.24) is 24.4 Å². The zero-order chi connectivity index (χ0) is 24.4. The smallest absolute Gasteiger partial charge is 0.283 e. The molecular weight excluding hydrogens is 468 g/mol. The number of H-pyrrole nitrogens is 1. The topological polar surface area (TPSA) is 119 Å². The third-order valence-corrected chi connectivity index (χ3v) is 6.78. The summed E-state index contributed by atoms with van der Waals surface area (Å²) in [5, 5.41) is 12.5. The zero-order valence-corrected chi connectivity index (χ0v) is 19.7. The van der Waals surface area contributed by atoms with Crippen molar-refractivity contribution in [2.24, 2.45) is 7.05 Å². The number of nitro benzene ring substituents is 1. The molecule has 0 spiro atoms. The van der Waals surface area contributed by atoms with Crippen LogP contribution in [0.5, 0.6) is 0 Å². The van der Waals surface area contributed by atoms with Crippen molar-refractivity contribution in [3.63, 3.8) is 0 Å². The summed E-state index contributed by atoms with van der Waals surface area (Å²) >= 11 is 1.21. The first-order valence-corrected chi connectivity index (χ1v) is 11.8. The fourth-order valence-electron chi connectivity index (χ4n) is 3.82. The van der Waals surface area contributed by atoms with Crippen LogP contribution in [0.2, 0.25) is 0 Å². The Balaban J connectivity index is 1.56. The number of nitro groups is 1. The van der Waals surface area contributed by atoms with Gasteiger partial charge in [0, 0.05) is 38.6 Å². The minimum absolute atomic E-state index is 0.0606. The number of hydrogen-bond acceptors (Lipinski definition) is 7. The molecule has 11 heteroatoms. The van der Waals surface area contributed by atoms with E-state index in [9.17, 15) is 14.9 Å². The average molecular weight is 491 g/mol. The molecule has 1 aliphatic rings. The number of aryl methyl sites for hydroxylation is 1. The van der Waals surface area contributed by atoms with Gasteiger partial charge in [0.2, 0.25) is 0 Å². The summed E-state index contributed by atoms with van der Waals surface area (Å²) < 4.78 is 7.18. The molecule has 0 radical (unpaired) electrons. The Bertz CT molecular complexity index is 1400. The highest BCUT2D eigenvalue weighted by atomic mass is 32.2. The molecule has 2 aromatic carbocycles. The van der Waals surface area contributed by atoms with Gasteiger partial charge in [-0.15, -0.1) is 0 Å². The van der Waals surface area contributed by atoms with Gasteiger partial charge in [-0.2, -0.15) is 0 Å². The summed E-state index contributed by atoms with van der Waals surface area (Å²) in [6.45, 7) is 1.86. The first-order chi connectivity index (χ1) is 17.0. The average Bonchev–Trinajstić information content (AvgIpc) is 3.49. The minimum Gasteiger partial charge on any atom is -0.378 e. The number of nitrogens with zero attached hydrogens (tertiary/aromatic N) is 5. The van der Waals surface area contributed by atoms with Gasteiger partial charge in [-0.25, -0.2) is 9.97 Å². The number of imidazole rings is 2. The lowest BCUT2D eigenvalue weighted by molar-refractivity contribution is -0.387. The quantitative estimate of drug-likeness (QED) is 0.248. The Morgan fingerprint density at radius 2 is 2.03 bits per heavy atom. The predicted molar refractivity (Wildman–Crippen MR) is 132 cm³/mol. The lowest BCUT2D eigenvalue weighted by Gasteiger charge is -2.27. The van der Waals surface area contributed by atoms with E-state index in [4.69, 9.17) is 4.74 Å². The number of carbonyl (C=O) groups is 1. The largest absolute Gasteiger partial charge is 0.378 e. The van der Waals surface area contributed by atoms with E-state index in [0.29, 0.717) is 53.3 Å². The normalized spacial score (nSPS) is 14.4. The maximum Gasteiger partial charge on any atom is 0.283 e. The molecule has 4 aromatic rings. The maximum atomic E-state index is 13.5. The van der Waals surface area contributed by atoms with Crippen molar-refractivity contribution in [2.75, 3.05) is 26.3 Å². The Morgan fingerprint density at radius 3 is 2.74 bits per heavy atom. The number of para-hydroxylation sites is 2. The van der Waals surface area contributed by atoms with Gasteiger partial charge in [0.1, 0.15) is 5.82 Å². The predicted octanol–water partition coefficient (Wildman–Crippen LogP) is 3.76. The second-order valence-corrected chi connectivity index (χ2v) is 8.98. The molecule has 1 aliphatic heterocycles. The first-order valence-electron chi connectivity index (χ1n) is 11.0. The monoisotopic (exact) mass is 490 g/mol. The molecule has 1 fully saturated rings. The lowest BCUT2D eigenvalue weighted by atomic mass is 10.1. The van der Waals surface area contributed by atoms with Crippen LogP contribution >= 0.6 is 11.8 Å². The maximum absolute atomic E-state index is 13.5. The lowest BCUT2D eigenvalue weighted by Crippen LogP contribution is -2.41. The zero-order valence-electron chi connectivity index (χ0n) is 18.9. The summed E-state index contributed by atoms with van der Waals surface area (Å²) in [7, 11) is 1.83. The number of amides is 1. The Labute approximate surface area is 204 Å². The standard InChI is InChI=1S/C24H22N6O4S/c1-28-9-8-25-24(28)35-21-7-6-16(15-20(21)30(32)33)14-17(23(31)29-10-12-34-13-11-29)22-26-18-4-2-3-5-19(18)27-22/h2-9,14-15H,10-13H2,1H3,(H,26,27). The van der Waals surface area contributed by atoms with Gasteiger partial charge in [0.05, 0.1) is 39.6 Å². The molecule has 1 amide bonds. The fraction of sp³-hybridized carbons (Fsp3) is 0.208. The molecule has 2 aromatic heterocycles. The van der Waals surface area contributed by atoms with Gasteiger partial charge < -0.3 is 19.2 Å². The number of aromatic nitrogens is 4. The Kier molecular flexibility index (Phi) is 6.34. The van der Waals surface area contributed by atoms with Crippen LogP contribution in [0.3, 0.4) is 0 Å². The van der Waals surface area contributed by atoms with Crippen molar-refractivity contribution in [3.8, 4) is 0 Å². The van der Waals surface area contributed by atoms with Crippen LogP contribution in [0.4, 0.5) is 5.69 Å². The van der Waals surface area contributed by atoms with Crippen LogP contribution in [0.25, 0.3) is 22.7 Å². The number of nitrogens with one attached hydrogen (secondary N) is 1. The van der Waals surface area contributed by atoms with Gasteiger partial charge in [0.25, 0.3) is 11.6 Å². The van der Waals surface area contributed by atoms with E-state index >= 15 is 0 Å². The molecule has 0 atom stereocenters. The van der Waals surface area contributed by atoms with E-state index in [-0.39, 0.29) is 11.6 Å². The molecular formula is C24H22N6O4S. The molecule has 1 saturated heterocycles. The molecule has 35 heavy (non-hydrogen) atoms. The van der Waals surface area contributed by atoms with Crippen LogP contribution < -0.4 is 0 Å². The summed E-state index contributed by atoms with van der Waals surface area (Å²) in [6, 6.07) is 12.4. The number of rotatable bonds is 6. The molecule has 3 heterocycles. The molecule has 0 aliphatic carbocycles. The van der Waals surface area contributed by atoms with E-state index in [1.807, 2.05) is 31.3 Å². The second kappa shape index (κ2) is 9.72. The van der Waals surface area contributed by atoms with E-state index in [1.54, 1.807) is 40.1 Å². The summed E-state index contributed by atoms with van der Waals surface area (Å²) in [6.07, 6.45) is 5.07. The number of ether oxygens (including phenoxy) is 1. The van der Waals surface area contributed by atoms with Gasteiger partial charge in [0.15, 0.2) is 5.16 Å². The third kappa shape index (κ3) is 4.81. The van der Waals surface area contributed by atoms with E-state index < -0.39 is 4.92 Å². The molecule has 0 saturated carbocycles. The molecule has 0 unspecified atom stereocenters. The number of hydrogen-bond donors (Lipinski definition) is 1. The van der Waals surface area contributed by atoms with Gasteiger partial charge in [-0.1, -0.05) is 18.2 Å². The van der Waals surface area contributed by atoms with Gasteiger partial charge >= 0.3 is 0 Å². The molecule has 178 valence electrons. The van der Waals surface area contributed by atoms with Crippen molar-refractivity contribution >= 4 is 46.0 Å². The number of aromatic amines is 1. The van der Waals surface area contributed by atoms with Crippen molar-refractivity contribution in [2.45, 2.75) is 10.1 Å². The first kappa shape index (κ1) is 22.8. The highest BCUT2D eigenvalue weighted by Gasteiger charge is 2.25. The van der Waals surface area contributed by atoms with Gasteiger partial charge in [-0.05, 0) is 41.6 Å². The Morgan fingerprint density at radius 1 is 1.23 bits per heavy atom. The van der Waals surface area contributed by atoms with E-state index in [2.05, 4.69) is 15.0 Å². The van der Waals surface area contributed by atoms with E-state index in [0.717, 1.165) is 11.0 Å². The Hall–Kier alpha value is -3.96.